The molecule has 0 bridgehead atoms. The molecule has 0 aliphatic carbocycles. The summed E-state index contributed by atoms with van der Waals surface area (Å²) in [6.07, 6.45) is -3.50. The van der Waals surface area contributed by atoms with Crippen LogP contribution < -0.4 is 5.32 Å². The van der Waals surface area contributed by atoms with E-state index < -0.39 is 30.8 Å². The number of amides is 1. The van der Waals surface area contributed by atoms with E-state index in [-0.39, 0.29) is 0 Å². The van der Waals surface area contributed by atoms with Gasteiger partial charge in [0.15, 0.2) is 0 Å². The molecule has 6 heteroatoms. The van der Waals surface area contributed by atoms with Gasteiger partial charge in [-0.25, -0.2) is 0 Å². The summed E-state index contributed by atoms with van der Waals surface area (Å²) < 4.78 is 36.4. The van der Waals surface area contributed by atoms with Crippen LogP contribution in [0.15, 0.2) is 0 Å². The van der Waals surface area contributed by atoms with Crippen LogP contribution in [0.2, 0.25) is 0 Å². The molecule has 3 nitrogen and oxygen atoms in total. The van der Waals surface area contributed by atoms with E-state index in [0.717, 1.165) is 11.3 Å². The van der Waals surface area contributed by atoms with E-state index in [2.05, 4.69) is 5.32 Å². The van der Waals surface area contributed by atoms with Crippen LogP contribution in [0.3, 0.4) is 0 Å². The van der Waals surface area contributed by atoms with Crippen molar-refractivity contribution in [2.24, 2.45) is 0 Å². The molecule has 1 heterocycles. The second-order valence-corrected chi connectivity index (χ2v) is 3.77. The van der Waals surface area contributed by atoms with Crippen LogP contribution in [0.5, 0.6) is 0 Å². The van der Waals surface area contributed by atoms with E-state index in [9.17, 15) is 18.0 Å². The molecule has 2 unspecified atom stereocenters. The highest BCUT2D eigenvalue weighted by Crippen LogP contribution is 2.22. The molecule has 1 aliphatic rings. The molecule has 1 saturated heterocycles. The van der Waals surface area contributed by atoms with E-state index in [1.165, 1.54) is 0 Å². The van der Waals surface area contributed by atoms with Crippen molar-refractivity contribution in [2.45, 2.75) is 45.1 Å². The van der Waals surface area contributed by atoms with Crippen molar-refractivity contribution in [2.75, 3.05) is 6.54 Å². The summed E-state index contributed by atoms with van der Waals surface area (Å²) in [6, 6.07) is -0.452. The van der Waals surface area contributed by atoms with E-state index in [4.69, 9.17) is 0 Å². The number of nitrogens with zero attached hydrogens (tertiary/aromatic N) is 1. The van der Waals surface area contributed by atoms with Crippen molar-refractivity contribution in [3.05, 3.63) is 0 Å². The number of carbonyl (C=O) groups is 1. The minimum atomic E-state index is -4.33. The van der Waals surface area contributed by atoms with Crippen LogP contribution in [0, 0.1) is 0 Å². The summed E-state index contributed by atoms with van der Waals surface area (Å²) in [4.78, 5) is 12.4. The van der Waals surface area contributed by atoms with Gasteiger partial charge in [0, 0.05) is 0 Å². The number of alkyl halides is 3. The highest BCUT2D eigenvalue weighted by atomic mass is 19.4. The lowest BCUT2D eigenvalue weighted by atomic mass is 10.2. The Morgan fingerprint density at radius 1 is 1.47 bits per heavy atom. The first kappa shape index (κ1) is 12.3. The number of rotatable bonds is 3. The van der Waals surface area contributed by atoms with Gasteiger partial charge in [-0.15, -0.1) is 0 Å². The van der Waals surface area contributed by atoms with Gasteiger partial charge >= 0.3 is 6.18 Å². The fourth-order valence-electron chi connectivity index (χ4n) is 1.75. The van der Waals surface area contributed by atoms with Gasteiger partial charge in [0.2, 0.25) is 5.91 Å². The smallest absolute Gasteiger partial charge is 0.317 e. The predicted molar refractivity (Wildman–Crippen MR) is 49.1 cm³/mol. The fraction of sp³-hybridized carbons (Fsp3) is 0.889. The number of carbonyl (C=O) groups excluding carboxylic acids is 1. The minimum absolute atomic E-state index is 0.443. The Hall–Kier alpha value is -0.780. The molecule has 0 spiro atoms. The first-order valence-corrected chi connectivity index (χ1v) is 4.98. The minimum Gasteiger partial charge on any atom is -0.317 e. The normalized spacial score (nSPS) is 27.5. The number of nitrogens with one attached hydrogen (secondary N) is 1. The number of hydrogen-bond acceptors (Lipinski definition) is 2. The molecule has 88 valence electrons. The summed E-state index contributed by atoms with van der Waals surface area (Å²) in [6.45, 7) is 2.30. The first-order chi connectivity index (χ1) is 6.85. The largest absolute Gasteiger partial charge is 0.406 e. The molecule has 1 aliphatic heterocycles. The highest BCUT2D eigenvalue weighted by Gasteiger charge is 2.42. The zero-order valence-electron chi connectivity index (χ0n) is 8.77. The van der Waals surface area contributed by atoms with Gasteiger partial charge < -0.3 is 4.90 Å². The summed E-state index contributed by atoms with van der Waals surface area (Å²) >= 11 is 0. The molecular formula is C9H15F3N2O. The molecule has 0 saturated carbocycles. The summed E-state index contributed by atoms with van der Waals surface area (Å²) in [5.74, 6) is -0.443. The van der Waals surface area contributed by atoms with Crippen molar-refractivity contribution in [3.8, 4) is 0 Å². The maximum atomic E-state index is 12.1. The molecule has 0 aromatic rings. The summed E-state index contributed by atoms with van der Waals surface area (Å²) in [7, 11) is 0. The van der Waals surface area contributed by atoms with Crippen LogP contribution in [0.4, 0.5) is 13.2 Å². The molecule has 2 atom stereocenters. The van der Waals surface area contributed by atoms with Gasteiger partial charge in [0.25, 0.3) is 0 Å². The molecule has 15 heavy (non-hydrogen) atoms. The van der Waals surface area contributed by atoms with Gasteiger partial charge in [0.05, 0.1) is 12.2 Å². The molecule has 1 N–H and O–H groups in total. The van der Waals surface area contributed by atoms with Crippen molar-refractivity contribution in [1.82, 2.24) is 10.2 Å². The predicted octanol–water partition coefficient (Wildman–Crippen LogP) is 1.50. The average molecular weight is 224 g/mol. The van der Waals surface area contributed by atoms with E-state index in [1.807, 2.05) is 6.92 Å². The lowest BCUT2D eigenvalue weighted by molar-refractivity contribution is -0.160. The number of halogens is 3. The van der Waals surface area contributed by atoms with Crippen LogP contribution in [-0.2, 0) is 4.79 Å². The van der Waals surface area contributed by atoms with Crippen LogP contribution >= 0.6 is 0 Å². The van der Waals surface area contributed by atoms with Crippen molar-refractivity contribution < 1.29 is 18.0 Å². The topological polar surface area (TPSA) is 32.3 Å². The standard InChI is InChI=1S/C9H15F3N2O/c1-3-4-7-8(15)14(6(2)13-7)5-9(10,11)12/h6-7,13H,3-5H2,1-2H3. The summed E-state index contributed by atoms with van der Waals surface area (Å²) in [5.41, 5.74) is 0. The van der Waals surface area contributed by atoms with E-state index >= 15 is 0 Å². The Morgan fingerprint density at radius 3 is 2.53 bits per heavy atom. The van der Waals surface area contributed by atoms with Crippen molar-refractivity contribution in [1.29, 1.82) is 0 Å². The van der Waals surface area contributed by atoms with Gasteiger partial charge in [-0.3, -0.25) is 10.1 Å². The van der Waals surface area contributed by atoms with Crippen molar-refractivity contribution >= 4 is 5.91 Å². The van der Waals surface area contributed by atoms with Crippen LogP contribution in [-0.4, -0.2) is 35.7 Å². The van der Waals surface area contributed by atoms with Gasteiger partial charge in [0.1, 0.15) is 6.54 Å². The van der Waals surface area contributed by atoms with Gasteiger partial charge in [-0.1, -0.05) is 13.3 Å². The Labute approximate surface area is 86.6 Å². The Balaban J connectivity index is 2.62. The summed E-state index contributed by atoms with van der Waals surface area (Å²) in [5, 5.41) is 2.85. The monoisotopic (exact) mass is 224 g/mol. The maximum absolute atomic E-state index is 12.1. The van der Waals surface area contributed by atoms with Gasteiger partial charge in [-0.05, 0) is 13.3 Å². The quantitative estimate of drug-likeness (QED) is 0.787. The zero-order valence-corrected chi connectivity index (χ0v) is 8.77. The third-order valence-electron chi connectivity index (χ3n) is 2.42. The highest BCUT2D eigenvalue weighted by molar-refractivity contribution is 5.84. The van der Waals surface area contributed by atoms with E-state index in [1.54, 1.807) is 6.92 Å². The lowest BCUT2D eigenvalue weighted by Crippen LogP contribution is -2.41. The molecule has 1 amide bonds. The molecular weight excluding hydrogens is 209 g/mol. The third kappa shape index (κ3) is 3.09. The third-order valence-corrected chi connectivity index (χ3v) is 2.42. The Bertz CT molecular complexity index is 242. The first-order valence-electron chi connectivity index (χ1n) is 4.98. The SMILES string of the molecule is CCCC1NC(C)N(CC(F)(F)F)C1=O. The molecule has 0 aromatic heterocycles. The second-order valence-electron chi connectivity index (χ2n) is 3.77. The fourth-order valence-corrected chi connectivity index (χ4v) is 1.75. The van der Waals surface area contributed by atoms with E-state index in [0.29, 0.717) is 6.42 Å². The Morgan fingerprint density at radius 2 is 2.07 bits per heavy atom. The zero-order chi connectivity index (χ0) is 11.6. The average Bonchev–Trinajstić information content (AvgIpc) is 2.32. The van der Waals surface area contributed by atoms with Crippen LogP contribution in [0.1, 0.15) is 26.7 Å². The second kappa shape index (κ2) is 4.38. The lowest BCUT2D eigenvalue weighted by Gasteiger charge is -2.22. The molecule has 1 fully saturated rings. The number of hydrogen-bond donors (Lipinski definition) is 1. The molecule has 1 rings (SSSR count). The molecule has 0 aromatic carbocycles. The van der Waals surface area contributed by atoms with Gasteiger partial charge in [-0.2, -0.15) is 13.2 Å². The maximum Gasteiger partial charge on any atom is 0.406 e. The van der Waals surface area contributed by atoms with Crippen LogP contribution in [0.25, 0.3) is 0 Å². The Kier molecular flexibility index (Phi) is 3.59. The van der Waals surface area contributed by atoms with Crippen molar-refractivity contribution in [3.63, 3.8) is 0 Å². The molecule has 0 radical (unpaired) electrons.